The minimum Gasteiger partial charge on any atom is -0.495 e. The number of hydrogen-bond acceptors (Lipinski definition) is 4. The normalized spacial score (nSPS) is 10.2. The lowest BCUT2D eigenvalue weighted by Gasteiger charge is -2.11. The number of nitrogens with one attached hydrogen (secondary N) is 1. The van der Waals surface area contributed by atoms with Gasteiger partial charge in [0.1, 0.15) is 5.75 Å². The van der Waals surface area contributed by atoms with Gasteiger partial charge in [0.25, 0.3) is 5.91 Å². The topological polar surface area (TPSA) is 75.6 Å². The van der Waals surface area contributed by atoms with Gasteiger partial charge in [0.2, 0.25) is 0 Å². The molecule has 21 heavy (non-hydrogen) atoms. The molecule has 0 saturated heterocycles. The number of ether oxygens (including phenoxy) is 1. The number of hydrogen-bond donors (Lipinski definition) is 2. The number of benzene rings is 1. The van der Waals surface area contributed by atoms with Gasteiger partial charge in [-0.2, -0.15) is 0 Å². The van der Waals surface area contributed by atoms with Crippen LogP contribution in [0.1, 0.15) is 32.5 Å². The van der Waals surface area contributed by atoms with E-state index < -0.39 is 5.97 Å². The van der Waals surface area contributed by atoms with Crippen molar-refractivity contribution in [3.63, 3.8) is 0 Å². The Morgan fingerprint density at radius 1 is 1.33 bits per heavy atom. The molecule has 0 radical (unpaired) electrons. The Kier molecular flexibility index (Phi) is 4.59. The first-order valence-corrected chi connectivity index (χ1v) is 7.23. The second-order valence-electron chi connectivity index (χ2n) is 4.30. The van der Waals surface area contributed by atoms with Crippen LogP contribution in [0.4, 0.5) is 5.69 Å². The van der Waals surface area contributed by atoms with Gasteiger partial charge in [-0.15, -0.1) is 11.3 Å². The zero-order chi connectivity index (χ0) is 15.4. The Bertz CT molecular complexity index is 678. The zero-order valence-electron chi connectivity index (χ0n) is 11.7. The lowest BCUT2D eigenvalue weighted by molar-refractivity contribution is 0.0696. The van der Waals surface area contributed by atoms with Crippen molar-refractivity contribution in [2.24, 2.45) is 0 Å². The van der Waals surface area contributed by atoms with E-state index >= 15 is 0 Å². The maximum absolute atomic E-state index is 12.3. The predicted molar refractivity (Wildman–Crippen MR) is 81.6 cm³/mol. The van der Waals surface area contributed by atoms with Crippen molar-refractivity contribution < 1.29 is 19.4 Å². The summed E-state index contributed by atoms with van der Waals surface area (Å²) >= 11 is 1.36. The summed E-state index contributed by atoms with van der Waals surface area (Å²) in [7, 11) is 1.47. The summed E-state index contributed by atoms with van der Waals surface area (Å²) in [5, 5.41) is 13.6. The molecule has 1 aromatic carbocycles. The highest BCUT2D eigenvalue weighted by molar-refractivity contribution is 7.12. The van der Waals surface area contributed by atoms with Crippen LogP contribution in [0, 0.1) is 0 Å². The van der Waals surface area contributed by atoms with Crippen molar-refractivity contribution in [1.29, 1.82) is 0 Å². The Balaban J connectivity index is 2.31. The molecule has 110 valence electrons. The van der Waals surface area contributed by atoms with E-state index in [1.165, 1.54) is 36.6 Å². The number of thiophene rings is 1. The van der Waals surface area contributed by atoms with Crippen molar-refractivity contribution in [3.05, 3.63) is 45.6 Å². The molecule has 1 amide bonds. The smallest absolute Gasteiger partial charge is 0.335 e. The van der Waals surface area contributed by atoms with E-state index in [1.807, 2.05) is 18.4 Å². The molecule has 1 aromatic heterocycles. The van der Waals surface area contributed by atoms with Crippen LogP contribution in [-0.2, 0) is 6.42 Å². The van der Waals surface area contributed by atoms with Crippen LogP contribution in [0.5, 0.6) is 5.75 Å². The number of carboxylic acids is 1. The molecule has 0 aliphatic heterocycles. The summed E-state index contributed by atoms with van der Waals surface area (Å²) in [6.07, 6.45) is 0.762. The van der Waals surface area contributed by atoms with Crippen LogP contribution in [0.25, 0.3) is 0 Å². The highest BCUT2D eigenvalue weighted by Crippen LogP contribution is 2.27. The van der Waals surface area contributed by atoms with E-state index in [2.05, 4.69) is 5.32 Å². The van der Waals surface area contributed by atoms with Gasteiger partial charge in [-0.1, -0.05) is 6.92 Å². The Morgan fingerprint density at radius 3 is 2.71 bits per heavy atom. The zero-order valence-corrected chi connectivity index (χ0v) is 12.5. The average molecular weight is 305 g/mol. The van der Waals surface area contributed by atoms with Gasteiger partial charge in [0, 0.05) is 0 Å². The molecule has 0 atom stereocenters. The number of aryl methyl sites for hydroxylation is 1. The Morgan fingerprint density at radius 2 is 2.10 bits per heavy atom. The van der Waals surface area contributed by atoms with Crippen molar-refractivity contribution >= 4 is 28.9 Å². The van der Waals surface area contributed by atoms with Crippen molar-refractivity contribution in [1.82, 2.24) is 0 Å². The fraction of sp³-hybridized carbons (Fsp3) is 0.200. The number of methoxy groups -OCH3 is 1. The van der Waals surface area contributed by atoms with Crippen molar-refractivity contribution in [2.75, 3.05) is 12.4 Å². The lowest BCUT2D eigenvalue weighted by atomic mass is 10.1. The Labute approximate surface area is 126 Å². The molecule has 0 spiro atoms. The summed E-state index contributed by atoms with van der Waals surface area (Å²) in [5.74, 6) is -0.899. The largest absolute Gasteiger partial charge is 0.495 e. The van der Waals surface area contributed by atoms with Crippen molar-refractivity contribution in [2.45, 2.75) is 13.3 Å². The van der Waals surface area contributed by atoms with Crippen LogP contribution in [0.3, 0.4) is 0 Å². The molecule has 0 aliphatic rings. The van der Waals surface area contributed by atoms with Gasteiger partial charge in [-0.25, -0.2) is 4.79 Å². The van der Waals surface area contributed by atoms with Crippen molar-refractivity contribution in [3.8, 4) is 5.75 Å². The second-order valence-corrected chi connectivity index (χ2v) is 5.22. The first kappa shape index (κ1) is 15.1. The summed E-state index contributed by atoms with van der Waals surface area (Å²) in [5.41, 5.74) is 1.40. The number of anilines is 1. The number of amides is 1. The molecule has 2 N–H and O–H groups in total. The minimum absolute atomic E-state index is 0.0907. The predicted octanol–water partition coefficient (Wildman–Crippen LogP) is 3.27. The number of carbonyl (C=O) groups is 2. The average Bonchev–Trinajstić information content (AvgIpc) is 2.95. The van der Waals surface area contributed by atoms with Gasteiger partial charge in [0.15, 0.2) is 0 Å². The van der Waals surface area contributed by atoms with E-state index in [9.17, 15) is 9.59 Å². The van der Waals surface area contributed by atoms with Crippen LogP contribution < -0.4 is 10.1 Å². The molecule has 0 unspecified atom stereocenters. The van der Waals surface area contributed by atoms with Gasteiger partial charge in [-0.3, -0.25) is 4.79 Å². The summed E-state index contributed by atoms with van der Waals surface area (Å²) in [6, 6.07) is 6.25. The molecule has 6 heteroatoms. The van der Waals surface area contributed by atoms with E-state index in [1.54, 1.807) is 0 Å². The highest BCUT2D eigenvalue weighted by Gasteiger charge is 2.16. The monoisotopic (exact) mass is 305 g/mol. The van der Waals surface area contributed by atoms with Crippen LogP contribution in [0.2, 0.25) is 0 Å². The molecule has 2 aromatic rings. The maximum atomic E-state index is 12.3. The van der Waals surface area contributed by atoms with Gasteiger partial charge >= 0.3 is 5.97 Å². The van der Waals surface area contributed by atoms with E-state index in [4.69, 9.17) is 9.84 Å². The summed E-state index contributed by atoms with van der Waals surface area (Å²) < 4.78 is 5.15. The second kappa shape index (κ2) is 6.41. The molecule has 0 aliphatic carbocycles. The van der Waals surface area contributed by atoms with Gasteiger partial charge in [-0.05, 0) is 41.6 Å². The molecule has 0 bridgehead atoms. The molecule has 0 saturated carbocycles. The standard InChI is InChI=1S/C15H15NO4S/c1-3-9-6-7-21-13(9)14(17)16-11-8-10(15(18)19)4-5-12(11)20-2/h4-8H,3H2,1-2H3,(H,16,17)(H,18,19). The molecule has 1 heterocycles. The van der Waals surface area contributed by atoms with Gasteiger partial charge < -0.3 is 15.2 Å². The van der Waals surface area contributed by atoms with Crippen LogP contribution >= 0.6 is 11.3 Å². The summed E-state index contributed by atoms with van der Waals surface area (Å²) in [4.78, 5) is 23.9. The molecule has 0 fully saturated rings. The van der Waals surface area contributed by atoms with E-state index in [-0.39, 0.29) is 11.5 Å². The SMILES string of the molecule is CCc1ccsc1C(=O)Nc1cc(C(=O)O)ccc1OC. The fourth-order valence-electron chi connectivity index (χ4n) is 1.93. The first-order valence-electron chi connectivity index (χ1n) is 6.35. The third-order valence-corrected chi connectivity index (χ3v) is 3.98. The molecule has 5 nitrogen and oxygen atoms in total. The highest BCUT2D eigenvalue weighted by atomic mass is 32.1. The Hall–Kier alpha value is -2.34. The number of carboxylic acid groups (broad SMARTS) is 1. The summed E-state index contributed by atoms with van der Waals surface area (Å²) in [6.45, 7) is 1.98. The molecular weight excluding hydrogens is 290 g/mol. The quantitative estimate of drug-likeness (QED) is 0.889. The van der Waals surface area contributed by atoms with Gasteiger partial charge in [0.05, 0.1) is 23.2 Å². The van der Waals surface area contributed by atoms with Crippen LogP contribution in [0.15, 0.2) is 29.6 Å². The molecular formula is C15H15NO4S. The van der Waals surface area contributed by atoms with E-state index in [0.717, 1.165) is 12.0 Å². The van der Waals surface area contributed by atoms with Crippen LogP contribution in [-0.4, -0.2) is 24.1 Å². The first-order chi connectivity index (χ1) is 10.1. The number of carbonyl (C=O) groups excluding carboxylic acids is 1. The fourth-order valence-corrected chi connectivity index (χ4v) is 2.82. The lowest BCUT2D eigenvalue weighted by Crippen LogP contribution is -2.13. The molecule has 2 rings (SSSR count). The third kappa shape index (κ3) is 3.22. The number of aromatic carboxylic acids is 1. The third-order valence-electron chi connectivity index (χ3n) is 3.03. The van der Waals surface area contributed by atoms with E-state index in [0.29, 0.717) is 16.3 Å². The minimum atomic E-state index is -1.06. The number of rotatable bonds is 5. The maximum Gasteiger partial charge on any atom is 0.335 e.